The van der Waals surface area contributed by atoms with Crippen LogP contribution in [0.15, 0.2) is 83.8 Å². The zero-order chi connectivity index (χ0) is 25.8. The van der Waals surface area contributed by atoms with Crippen LogP contribution in [-0.2, 0) is 17.8 Å². The molecule has 1 aliphatic rings. The van der Waals surface area contributed by atoms with E-state index in [-0.39, 0.29) is 11.4 Å². The van der Waals surface area contributed by atoms with E-state index in [0.29, 0.717) is 28.0 Å². The van der Waals surface area contributed by atoms with Gasteiger partial charge in [0.1, 0.15) is 6.61 Å². The molecular formula is C30H27ClN2O3S. The molecule has 37 heavy (non-hydrogen) atoms. The van der Waals surface area contributed by atoms with Gasteiger partial charge in [-0.25, -0.2) is 0 Å². The van der Waals surface area contributed by atoms with Gasteiger partial charge >= 0.3 is 0 Å². The first kappa shape index (κ1) is 25.1. The number of thioether (sulfide) groups is 1. The number of ether oxygens (including phenoxy) is 2. The molecule has 0 spiro atoms. The van der Waals surface area contributed by atoms with E-state index in [1.807, 2.05) is 42.5 Å². The molecule has 1 amide bonds. The predicted molar refractivity (Wildman–Crippen MR) is 153 cm³/mol. The number of fused-ring (bicyclic) bond motifs is 1. The number of carbonyl (C=O) groups excluding carboxylic acids is 1. The van der Waals surface area contributed by atoms with Crippen molar-refractivity contribution in [3.05, 3.63) is 105 Å². The van der Waals surface area contributed by atoms with Crippen LogP contribution in [-0.4, -0.2) is 18.5 Å². The Kier molecular flexibility index (Phi) is 7.58. The zero-order valence-electron chi connectivity index (χ0n) is 20.6. The van der Waals surface area contributed by atoms with Crippen molar-refractivity contribution in [2.45, 2.75) is 25.4 Å². The van der Waals surface area contributed by atoms with Crippen molar-refractivity contribution in [1.82, 2.24) is 5.32 Å². The van der Waals surface area contributed by atoms with Gasteiger partial charge in [0.05, 0.1) is 17.0 Å². The highest BCUT2D eigenvalue weighted by molar-refractivity contribution is 8.05. The Bertz CT molecular complexity index is 1470. The molecule has 0 bridgehead atoms. The highest BCUT2D eigenvalue weighted by Crippen LogP contribution is 2.39. The Hall–Kier alpha value is -3.61. The fraction of sp³-hybridized carbons (Fsp3) is 0.167. The summed E-state index contributed by atoms with van der Waals surface area (Å²) >= 11 is 8.03. The second-order valence-electron chi connectivity index (χ2n) is 8.68. The van der Waals surface area contributed by atoms with Gasteiger partial charge in [-0.2, -0.15) is 0 Å². The number of hydrogen-bond donors (Lipinski definition) is 2. The van der Waals surface area contributed by atoms with E-state index in [1.54, 1.807) is 13.2 Å². The van der Waals surface area contributed by atoms with Gasteiger partial charge in [0, 0.05) is 5.69 Å². The molecule has 1 saturated heterocycles. The standard InChI is InChI=1S/C30H27ClN2O3S/c1-3-19-9-12-24(13-10-19)32-30-33-29(34)27(37-30)17-21-15-25(31)28(26(16-21)35-2)36-18-20-8-11-22-6-4-5-7-23(22)14-20/h4-17,30,32H,3,18H2,1-2H3,(H,33,34)/b27-17-/t30-/m1/s1. The molecule has 0 radical (unpaired) electrons. The molecule has 0 saturated carbocycles. The fourth-order valence-electron chi connectivity index (χ4n) is 4.15. The minimum absolute atomic E-state index is 0.139. The zero-order valence-corrected chi connectivity index (χ0v) is 22.2. The number of hydrogen-bond acceptors (Lipinski definition) is 5. The van der Waals surface area contributed by atoms with Crippen LogP contribution in [0.25, 0.3) is 16.8 Å². The van der Waals surface area contributed by atoms with Crippen LogP contribution in [0.5, 0.6) is 11.5 Å². The summed E-state index contributed by atoms with van der Waals surface area (Å²) in [6, 6.07) is 26.2. The molecule has 1 fully saturated rings. The van der Waals surface area contributed by atoms with Crippen molar-refractivity contribution in [3.8, 4) is 11.5 Å². The Morgan fingerprint density at radius 1 is 1.00 bits per heavy atom. The van der Waals surface area contributed by atoms with E-state index in [4.69, 9.17) is 21.1 Å². The van der Waals surface area contributed by atoms with Crippen molar-refractivity contribution >= 4 is 51.8 Å². The van der Waals surface area contributed by atoms with Crippen LogP contribution in [0.4, 0.5) is 5.69 Å². The van der Waals surface area contributed by atoms with E-state index in [9.17, 15) is 4.79 Å². The molecule has 0 aromatic heterocycles. The van der Waals surface area contributed by atoms with Gasteiger partial charge in [-0.15, -0.1) is 0 Å². The van der Waals surface area contributed by atoms with Crippen molar-refractivity contribution in [3.63, 3.8) is 0 Å². The minimum atomic E-state index is -0.256. The second-order valence-corrected chi connectivity index (χ2v) is 10.2. The number of nitrogens with one attached hydrogen (secondary N) is 2. The van der Waals surface area contributed by atoms with E-state index in [2.05, 4.69) is 54.0 Å². The number of halogens is 1. The summed E-state index contributed by atoms with van der Waals surface area (Å²) in [5.41, 5.74) is 3.75. The van der Waals surface area contributed by atoms with E-state index >= 15 is 0 Å². The van der Waals surface area contributed by atoms with Crippen molar-refractivity contribution in [2.24, 2.45) is 0 Å². The van der Waals surface area contributed by atoms with Gasteiger partial charge < -0.3 is 20.1 Å². The highest BCUT2D eigenvalue weighted by atomic mass is 35.5. The smallest absolute Gasteiger partial charge is 0.260 e. The third-order valence-corrected chi connectivity index (χ3v) is 7.45. The van der Waals surface area contributed by atoms with Gasteiger partial charge in [-0.1, -0.05) is 78.8 Å². The predicted octanol–water partition coefficient (Wildman–Crippen LogP) is 7.24. The van der Waals surface area contributed by atoms with Gasteiger partial charge in [0.15, 0.2) is 17.0 Å². The quantitative estimate of drug-likeness (QED) is 0.235. The van der Waals surface area contributed by atoms with Crippen LogP contribution in [0, 0.1) is 0 Å². The summed E-state index contributed by atoms with van der Waals surface area (Å²) in [5, 5.41) is 9.06. The lowest BCUT2D eigenvalue weighted by molar-refractivity contribution is -0.116. The number of amides is 1. The first-order valence-corrected chi connectivity index (χ1v) is 13.3. The molecule has 188 valence electrons. The molecule has 1 aliphatic heterocycles. The van der Waals surface area contributed by atoms with Crippen molar-refractivity contribution in [1.29, 1.82) is 0 Å². The number of aryl methyl sites for hydroxylation is 1. The van der Waals surface area contributed by atoms with Crippen LogP contribution in [0.1, 0.15) is 23.6 Å². The maximum absolute atomic E-state index is 12.6. The van der Waals surface area contributed by atoms with Crippen LogP contribution in [0.2, 0.25) is 5.02 Å². The summed E-state index contributed by atoms with van der Waals surface area (Å²) in [6.45, 7) is 2.48. The number of carbonyl (C=O) groups is 1. The Labute approximate surface area is 225 Å². The third-order valence-electron chi connectivity index (χ3n) is 6.14. The normalized spacial score (nSPS) is 16.1. The minimum Gasteiger partial charge on any atom is -0.493 e. The lowest BCUT2D eigenvalue weighted by atomic mass is 10.1. The summed E-state index contributed by atoms with van der Waals surface area (Å²) in [7, 11) is 1.58. The molecule has 7 heteroatoms. The SMILES string of the molecule is CCc1ccc(N[C@@H]2NC(=O)/C(=C/c3cc(Cl)c(OCc4ccc5ccccc5c4)c(OC)c3)S2)cc1. The average Bonchev–Trinajstić information content (AvgIpc) is 3.26. The molecule has 5 rings (SSSR count). The molecular weight excluding hydrogens is 504 g/mol. The fourth-order valence-corrected chi connectivity index (χ4v) is 5.41. The number of methoxy groups -OCH3 is 1. The van der Waals surface area contributed by atoms with Crippen LogP contribution >= 0.6 is 23.4 Å². The van der Waals surface area contributed by atoms with Gasteiger partial charge in [-0.05, 0) is 70.3 Å². The Balaban J connectivity index is 1.29. The maximum atomic E-state index is 12.6. The lowest BCUT2D eigenvalue weighted by Gasteiger charge is -2.14. The highest BCUT2D eigenvalue weighted by Gasteiger charge is 2.27. The number of anilines is 1. The molecule has 0 aliphatic carbocycles. The number of rotatable bonds is 8. The van der Waals surface area contributed by atoms with Gasteiger partial charge in [-0.3, -0.25) is 4.79 Å². The summed E-state index contributed by atoms with van der Waals surface area (Å²) in [5.74, 6) is 0.840. The van der Waals surface area contributed by atoms with E-state index in [0.717, 1.165) is 28.6 Å². The molecule has 4 aromatic rings. The van der Waals surface area contributed by atoms with Crippen LogP contribution in [0.3, 0.4) is 0 Å². The molecule has 0 unspecified atom stereocenters. The van der Waals surface area contributed by atoms with Gasteiger partial charge in [0.25, 0.3) is 5.91 Å². The molecule has 2 N–H and O–H groups in total. The monoisotopic (exact) mass is 530 g/mol. The summed E-state index contributed by atoms with van der Waals surface area (Å²) in [4.78, 5) is 13.2. The van der Waals surface area contributed by atoms with E-state index < -0.39 is 0 Å². The topological polar surface area (TPSA) is 59.6 Å². The maximum Gasteiger partial charge on any atom is 0.260 e. The first-order chi connectivity index (χ1) is 18.0. The average molecular weight is 531 g/mol. The molecule has 4 aromatic carbocycles. The molecule has 5 nitrogen and oxygen atoms in total. The van der Waals surface area contributed by atoms with Crippen molar-refractivity contribution in [2.75, 3.05) is 12.4 Å². The first-order valence-electron chi connectivity index (χ1n) is 12.0. The summed E-state index contributed by atoms with van der Waals surface area (Å²) in [6.07, 6.45) is 2.80. The largest absolute Gasteiger partial charge is 0.493 e. The number of benzene rings is 4. The van der Waals surface area contributed by atoms with Gasteiger partial charge in [0.2, 0.25) is 0 Å². The van der Waals surface area contributed by atoms with E-state index in [1.165, 1.54) is 22.7 Å². The molecule has 1 heterocycles. The Morgan fingerprint density at radius 2 is 1.76 bits per heavy atom. The molecule has 1 atom stereocenters. The van der Waals surface area contributed by atoms with Crippen LogP contribution < -0.4 is 20.1 Å². The second kappa shape index (κ2) is 11.2. The third kappa shape index (κ3) is 5.87. The summed E-state index contributed by atoms with van der Waals surface area (Å²) < 4.78 is 11.6. The lowest BCUT2D eigenvalue weighted by Crippen LogP contribution is -2.30. The van der Waals surface area contributed by atoms with Crippen molar-refractivity contribution < 1.29 is 14.3 Å². The Morgan fingerprint density at radius 3 is 2.51 bits per heavy atom.